The molecule has 37 heavy (non-hydrogen) atoms. The molecular weight excluding hydrogens is 460 g/mol. The number of aromatic nitrogens is 2. The summed E-state index contributed by atoms with van der Waals surface area (Å²) < 4.78 is 7.88. The van der Waals surface area contributed by atoms with E-state index in [1.165, 1.54) is 0 Å². The van der Waals surface area contributed by atoms with Gasteiger partial charge < -0.3 is 9.30 Å². The third-order valence-electron chi connectivity index (χ3n) is 5.82. The highest BCUT2D eigenvalue weighted by Gasteiger charge is 2.19. The number of rotatable bonds is 8. The number of carbonyl (C=O) groups is 1. The first-order chi connectivity index (χ1) is 18.2. The molecule has 2 heterocycles. The van der Waals surface area contributed by atoms with Gasteiger partial charge in [-0.05, 0) is 60.5 Å². The lowest BCUT2D eigenvalue weighted by atomic mass is 10.1. The first-order valence-corrected chi connectivity index (χ1v) is 12.1. The number of nitrogens with one attached hydrogen (secondary N) is 1. The van der Waals surface area contributed by atoms with Crippen molar-refractivity contribution < 1.29 is 9.53 Å². The quantitative estimate of drug-likeness (QED) is 0.205. The minimum atomic E-state index is -0.368. The first-order valence-electron chi connectivity index (χ1n) is 12.1. The number of ether oxygens (including phenoxy) is 1. The number of benzene rings is 3. The van der Waals surface area contributed by atoms with Gasteiger partial charge in [0.25, 0.3) is 5.91 Å². The lowest BCUT2D eigenvalue weighted by Crippen LogP contribution is -2.18. The molecule has 0 aliphatic rings. The lowest BCUT2D eigenvalue weighted by Gasteiger charge is -2.15. The topological polar surface area (TPSA) is 68.5 Å². The van der Waals surface area contributed by atoms with Gasteiger partial charge in [0.2, 0.25) is 0 Å². The number of carbonyl (C=O) groups excluding carboxylic acids is 1. The number of amides is 1. The van der Waals surface area contributed by atoms with Crippen LogP contribution in [0.3, 0.4) is 0 Å². The molecule has 0 aliphatic heterocycles. The molecule has 2 aromatic heterocycles. The summed E-state index contributed by atoms with van der Waals surface area (Å²) in [6, 6.07) is 35.7. The van der Waals surface area contributed by atoms with Gasteiger partial charge in [-0.3, -0.25) is 9.78 Å². The van der Waals surface area contributed by atoms with E-state index >= 15 is 0 Å². The zero-order chi connectivity index (χ0) is 25.5. The Hall–Kier alpha value is -4.97. The van der Waals surface area contributed by atoms with Crippen molar-refractivity contribution in [2.75, 3.05) is 6.61 Å². The molecule has 182 valence electrons. The van der Waals surface area contributed by atoms with E-state index in [4.69, 9.17) is 4.74 Å². The van der Waals surface area contributed by atoms with E-state index in [2.05, 4.69) is 50.4 Å². The number of hydrazone groups is 1. The fraction of sp³-hybridized carbons (Fsp3) is 0.0645. The fourth-order valence-electron chi connectivity index (χ4n) is 4.18. The Bertz CT molecular complexity index is 1490. The van der Waals surface area contributed by atoms with E-state index in [-0.39, 0.29) is 5.91 Å². The highest BCUT2D eigenvalue weighted by atomic mass is 16.5. The molecule has 0 saturated heterocycles. The van der Waals surface area contributed by atoms with Crippen LogP contribution in [0.2, 0.25) is 0 Å². The van der Waals surface area contributed by atoms with Crippen molar-refractivity contribution in [3.63, 3.8) is 0 Å². The van der Waals surface area contributed by atoms with Crippen LogP contribution in [0.15, 0.2) is 120 Å². The fourth-order valence-corrected chi connectivity index (χ4v) is 4.18. The van der Waals surface area contributed by atoms with Crippen LogP contribution in [-0.2, 0) is 0 Å². The second-order valence-corrected chi connectivity index (χ2v) is 8.24. The molecule has 3 aromatic carbocycles. The largest absolute Gasteiger partial charge is 0.494 e. The summed E-state index contributed by atoms with van der Waals surface area (Å²) in [4.78, 5) is 16.6. The maximum Gasteiger partial charge on any atom is 0.289 e. The zero-order valence-electron chi connectivity index (χ0n) is 20.4. The van der Waals surface area contributed by atoms with Crippen molar-refractivity contribution in [3.05, 3.63) is 127 Å². The van der Waals surface area contributed by atoms with Crippen molar-refractivity contribution in [2.24, 2.45) is 5.10 Å². The number of nitrogens with zero attached hydrogens (tertiary/aromatic N) is 3. The Labute approximate surface area is 215 Å². The van der Waals surface area contributed by atoms with E-state index < -0.39 is 0 Å². The monoisotopic (exact) mass is 486 g/mol. The van der Waals surface area contributed by atoms with Gasteiger partial charge in [-0.1, -0.05) is 66.7 Å². The SMILES string of the molecule is CCOc1ccc(-n2c(-c3ccccc3)cc(/C=N\NC(=O)c3ccccn3)c2-c2ccccc2)cc1. The van der Waals surface area contributed by atoms with Crippen LogP contribution in [0.1, 0.15) is 23.0 Å². The molecule has 0 aliphatic carbocycles. The van der Waals surface area contributed by atoms with Crippen molar-refractivity contribution in [2.45, 2.75) is 6.92 Å². The molecule has 5 aromatic rings. The summed E-state index contributed by atoms with van der Waals surface area (Å²) in [6.07, 6.45) is 3.26. The minimum Gasteiger partial charge on any atom is -0.494 e. The predicted molar refractivity (Wildman–Crippen MR) is 147 cm³/mol. The first kappa shape index (κ1) is 23.8. The molecule has 0 bridgehead atoms. The second kappa shape index (κ2) is 11.2. The van der Waals surface area contributed by atoms with Crippen LogP contribution in [0.25, 0.3) is 28.2 Å². The molecule has 0 radical (unpaired) electrons. The average Bonchev–Trinajstić information content (AvgIpc) is 3.34. The number of hydrogen-bond acceptors (Lipinski definition) is 4. The molecule has 6 heteroatoms. The van der Waals surface area contributed by atoms with Crippen molar-refractivity contribution in [3.8, 4) is 34.0 Å². The summed E-state index contributed by atoms with van der Waals surface area (Å²) >= 11 is 0. The molecule has 0 spiro atoms. The van der Waals surface area contributed by atoms with Crippen LogP contribution < -0.4 is 10.2 Å². The molecule has 5 rings (SSSR count). The van der Waals surface area contributed by atoms with Gasteiger partial charge in [-0.25, -0.2) is 5.43 Å². The van der Waals surface area contributed by atoms with Crippen LogP contribution in [0.5, 0.6) is 5.75 Å². The normalized spacial score (nSPS) is 10.9. The third-order valence-corrected chi connectivity index (χ3v) is 5.82. The van der Waals surface area contributed by atoms with Crippen molar-refractivity contribution in [1.29, 1.82) is 0 Å². The highest BCUT2D eigenvalue weighted by Crippen LogP contribution is 2.35. The maximum atomic E-state index is 12.5. The lowest BCUT2D eigenvalue weighted by molar-refractivity contribution is 0.0950. The van der Waals surface area contributed by atoms with Gasteiger partial charge in [-0.2, -0.15) is 5.10 Å². The van der Waals surface area contributed by atoms with Gasteiger partial charge in [-0.15, -0.1) is 0 Å². The van der Waals surface area contributed by atoms with Crippen LogP contribution in [-0.4, -0.2) is 28.3 Å². The second-order valence-electron chi connectivity index (χ2n) is 8.24. The average molecular weight is 487 g/mol. The van der Waals surface area contributed by atoms with Gasteiger partial charge in [0.1, 0.15) is 11.4 Å². The highest BCUT2D eigenvalue weighted by molar-refractivity contribution is 5.96. The third kappa shape index (κ3) is 5.33. The Morgan fingerprint density at radius 3 is 2.22 bits per heavy atom. The summed E-state index contributed by atoms with van der Waals surface area (Å²) in [6.45, 7) is 2.58. The van der Waals surface area contributed by atoms with Crippen LogP contribution >= 0.6 is 0 Å². The van der Waals surface area contributed by atoms with E-state index in [0.717, 1.165) is 39.5 Å². The molecule has 0 unspecified atom stereocenters. The van der Waals surface area contributed by atoms with E-state index in [9.17, 15) is 4.79 Å². The summed E-state index contributed by atoms with van der Waals surface area (Å²) in [7, 11) is 0. The Kier molecular flexibility index (Phi) is 7.18. The summed E-state index contributed by atoms with van der Waals surface area (Å²) in [5.74, 6) is 0.451. The van der Waals surface area contributed by atoms with Gasteiger partial charge in [0.15, 0.2) is 0 Å². The molecule has 0 atom stereocenters. The Morgan fingerprint density at radius 1 is 0.892 bits per heavy atom. The van der Waals surface area contributed by atoms with Gasteiger partial charge >= 0.3 is 0 Å². The Morgan fingerprint density at radius 2 is 1.57 bits per heavy atom. The smallest absolute Gasteiger partial charge is 0.289 e. The van der Waals surface area contributed by atoms with Gasteiger partial charge in [0, 0.05) is 17.4 Å². The molecular formula is C31H26N4O2. The summed E-state index contributed by atoms with van der Waals surface area (Å²) in [5, 5.41) is 4.29. The molecule has 1 N–H and O–H groups in total. The molecule has 6 nitrogen and oxygen atoms in total. The Balaban J connectivity index is 1.63. The summed E-state index contributed by atoms with van der Waals surface area (Å²) in [5.41, 5.74) is 8.79. The van der Waals surface area contributed by atoms with E-state index in [1.807, 2.05) is 67.6 Å². The number of hydrogen-bond donors (Lipinski definition) is 1. The van der Waals surface area contributed by atoms with Gasteiger partial charge in [0.05, 0.1) is 24.2 Å². The maximum absolute atomic E-state index is 12.5. The van der Waals surface area contributed by atoms with E-state index in [0.29, 0.717) is 12.3 Å². The van der Waals surface area contributed by atoms with Crippen molar-refractivity contribution >= 4 is 12.1 Å². The van der Waals surface area contributed by atoms with Crippen LogP contribution in [0.4, 0.5) is 0 Å². The minimum absolute atomic E-state index is 0.305. The van der Waals surface area contributed by atoms with E-state index in [1.54, 1.807) is 30.6 Å². The molecule has 1 amide bonds. The standard InChI is InChI=1S/C31H26N4O2/c1-2-37-27-18-16-26(17-19-27)35-29(23-11-5-3-6-12-23)21-25(30(35)24-13-7-4-8-14-24)22-33-34-31(36)28-15-9-10-20-32-28/h3-22H,2H2,1H3,(H,34,36)/b33-22-. The molecule has 0 fully saturated rings. The van der Waals surface area contributed by atoms with Crippen LogP contribution in [0, 0.1) is 0 Å². The number of pyridine rings is 1. The van der Waals surface area contributed by atoms with Crippen molar-refractivity contribution in [1.82, 2.24) is 15.0 Å². The zero-order valence-corrected chi connectivity index (χ0v) is 20.4. The molecule has 0 saturated carbocycles. The predicted octanol–water partition coefficient (Wildman–Crippen LogP) is 6.37.